The van der Waals surface area contributed by atoms with Crippen LogP contribution >= 0.6 is 0 Å². The van der Waals surface area contributed by atoms with Gasteiger partial charge in [-0.1, -0.05) is 26.2 Å². The molecule has 2 atom stereocenters. The van der Waals surface area contributed by atoms with E-state index in [9.17, 15) is 0 Å². The van der Waals surface area contributed by atoms with Crippen LogP contribution in [0, 0.1) is 5.92 Å². The van der Waals surface area contributed by atoms with Crippen LogP contribution in [0.2, 0.25) is 0 Å². The maximum absolute atomic E-state index is 6.04. The number of ether oxygens (including phenoxy) is 1. The lowest BCUT2D eigenvalue weighted by molar-refractivity contribution is 0.179. The minimum Gasteiger partial charge on any atom is -0.381 e. The summed E-state index contributed by atoms with van der Waals surface area (Å²) in [4.78, 5) is 0. The van der Waals surface area contributed by atoms with Crippen LogP contribution in [0.15, 0.2) is 0 Å². The van der Waals surface area contributed by atoms with Crippen molar-refractivity contribution in [1.29, 1.82) is 0 Å². The number of rotatable bonds is 5. The molecule has 1 aliphatic heterocycles. The molecule has 1 rings (SSSR count). The van der Waals surface area contributed by atoms with Gasteiger partial charge in [0.15, 0.2) is 0 Å². The van der Waals surface area contributed by atoms with Gasteiger partial charge in [-0.2, -0.15) is 0 Å². The maximum atomic E-state index is 6.04. The molecule has 2 nitrogen and oxygen atoms in total. The van der Waals surface area contributed by atoms with E-state index in [-0.39, 0.29) is 0 Å². The van der Waals surface area contributed by atoms with Gasteiger partial charge in [-0.15, -0.1) is 0 Å². The normalized spacial score (nSPS) is 26.0. The van der Waals surface area contributed by atoms with Crippen molar-refractivity contribution in [3.05, 3.63) is 0 Å². The molecule has 0 aromatic carbocycles. The molecule has 2 N–H and O–H groups in total. The van der Waals surface area contributed by atoms with Crippen LogP contribution in [-0.4, -0.2) is 19.3 Å². The Hall–Kier alpha value is -0.0800. The Bertz CT molecular complexity index is 110. The van der Waals surface area contributed by atoms with E-state index < -0.39 is 0 Å². The summed E-state index contributed by atoms with van der Waals surface area (Å²) in [6.45, 7) is 4.05. The Labute approximate surface area is 75.5 Å². The summed E-state index contributed by atoms with van der Waals surface area (Å²) < 4.78 is 5.30. The zero-order valence-corrected chi connectivity index (χ0v) is 8.09. The summed E-state index contributed by atoms with van der Waals surface area (Å²) in [5.41, 5.74) is 6.04. The van der Waals surface area contributed by atoms with Crippen LogP contribution in [0.4, 0.5) is 0 Å². The van der Waals surface area contributed by atoms with Gasteiger partial charge in [0.1, 0.15) is 0 Å². The van der Waals surface area contributed by atoms with E-state index >= 15 is 0 Å². The van der Waals surface area contributed by atoms with Crippen molar-refractivity contribution >= 4 is 0 Å². The monoisotopic (exact) mass is 171 g/mol. The third-order valence-electron chi connectivity index (χ3n) is 2.71. The van der Waals surface area contributed by atoms with E-state index in [0.717, 1.165) is 13.2 Å². The second-order valence-corrected chi connectivity index (χ2v) is 3.78. The van der Waals surface area contributed by atoms with Crippen molar-refractivity contribution < 1.29 is 4.74 Å². The lowest BCUT2D eigenvalue weighted by atomic mass is 9.95. The Balaban J connectivity index is 2.05. The molecule has 1 heterocycles. The predicted molar refractivity (Wildman–Crippen MR) is 51.0 cm³/mol. The summed E-state index contributed by atoms with van der Waals surface area (Å²) in [5.74, 6) is 0.641. The highest BCUT2D eigenvalue weighted by Crippen LogP contribution is 2.18. The molecule has 2 unspecified atom stereocenters. The minimum atomic E-state index is 0.388. The largest absolute Gasteiger partial charge is 0.381 e. The molecule has 0 spiro atoms. The average molecular weight is 171 g/mol. The van der Waals surface area contributed by atoms with Gasteiger partial charge in [0.2, 0.25) is 0 Å². The highest BCUT2D eigenvalue weighted by molar-refractivity contribution is 4.75. The van der Waals surface area contributed by atoms with E-state index in [1.165, 1.54) is 32.1 Å². The maximum Gasteiger partial charge on any atom is 0.0509 e. The third-order valence-corrected chi connectivity index (χ3v) is 2.71. The summed E-state index contributed by atoms with van der Waals surface area (Å²) in [7, 11) is 0. The summed E-state index contributed by atoms with van der Waals surface area (Å²) in [6.07, 6.45) is 6.25. The van der Waals surface area contributed by atoms with Gasteiger partial charge in [0.05, 0.1) is 6.61 Å². The van der Waals surface area contributed by atoms with Gasteiger partial charge in [-0.05, 0) is 18.8 Å². The molecule has 1 aliphatic rings. The van der Waals surface area contributed by atoms with Crippen LogP contribution in [0.1, 0.15) is 39.0 Å². The molecule has 0 aromatic rings. The van der Waals surface area contributed by atoms with Crippen molar-refractivity contribution in [2.24, 2.45) is 11.7 Å². The van der Waals surface area contributed by atoms with Crippen molar-refractivity contribution in [1.82, 2.24) is 0 Å². The highest BCUT2D eigenvalue weighted by atomic mass is 16.5. The lowest BCUT2D eigenvalue weighted by Crippen LogP contribution is -2.30. The Morgan fingerprint density at radius 2 is 2.33 bits per heavy atom. The molecule has 0 amide bonds. The van der Waals surface area contributed by atoms with Gasteiger partial charge >= 0.3 is 0 Å². The molecule has 1 fully saturated rings. The Morgan fingerprint density at radius 1 is 1.50 bits per heavy atom. The fourth-order valence-corrected chi connectivity index (χ4v) is 1.76. The fraction of sp³-hybridized carbons (Fsp3) is 1.00. The second-order valence-electron chi connectivity index (χ2n) is 3.78. The lowest BCUT2D eigenvalue weighted by Gasteiger charge is -2.16. The number of hydrogen-bond donors (Lipinski definition) is 1. The predicted octanol–water partition coefficient (Wildman–Crippen LogP) is 1.93. The fourth-order valence-electron chi connectivity index (χ4n) is 1.76. The first kappa shape index (κ1) is 10.0. The number of hydrogen-bond acceptors (Lipinski definition) is 2. The third kappa shape index (κ3) is 3.11. The zero-order valence-electron chi connectivity index (χ0n) is 8.09. The molecule has 0 radical (unpaired) electrons. The van der Waals surface area contributed by atoms with Crippen LogP contribution in [-0.2, 0) is 4.74 Å². The molecule has 0 bridgehead atoms. The molecule has 1 saturated heterocycles. The smallest absolute Gasteiger partial charge is 0.0509 e. The standard InChI is InChI=1S/C10H21NO/c1-2-3-4-5-10(11)9-6-7-12-8-9/h9-10H,2-8,11H2,1H3. The average Bonchev–Trinajstić information content (AvgIpc) is 2.56. The summed E-state index contributed by atoms with van der Waals surface area (Å²) >= 11 is 0. The Kier molecular flexibility index (Phi) is 4.62. The molecule has 0 aromatic heterocycles. The van der Waals surface area contributed by atoms with E-state index in [4.69, 9.17) is 10.5 Å². The van der Waals surface area contributed by atoms with E-state index in [1.807, 2.05) is 0 Å². The van der Waals surface area contributed by atoms with E-state index in [1.54, 1.807) is 0 Å². The van der Waals surface area contributed by atoms with Crippen molar-refractivity contribution in [3.63, 3.8) is 0 Å². The molecular weight excluding hydrogens is 150 g/mol. The van der Waals surface area contributed by atoms with Crippen LogP contribution < -0.4 is 5.73 Å². The second kappa shape index (κ2) is 5.55. The number of nitrogens with two attached hydrogens (primary N) is 1. The molecule has 0 saturated carbocycles. The molecule has 72 valence electrons. The molecule has 12 heavy (non-hydrogen) atoms. The summed E-state index contributed by atoms with van der Waals surface area (Å²) in [6, 6.07) is 0.388. The zero-order chi connectivity index (χ0) is 8.81. The first-order chi connectivity index (χ1) is 5.84. The topological polar surface area (TPSA) is 35.2 Å². The highest BCUT2D eigenvalue weighted by Gasteiger charge is 2.21. The molecule has 2 heteroatoms. The van der Waals surface area contributed by atoms with Crippen molar-refractivity contribution in [3.8, 4) is 0 Å². The van der Waals surface area contributed by atoms with E-state index in [0.29, 0.717) is 12.0 Å². The summed E-state index contributed by atoms with van der Waals surface area (Å²) in [5, 5.41) is 0. The van der Waals surface area contributed by atoms with Gasteiger partial charge in [-0.3, -0.25) is 0 Å². The van der Waals surface area contributed by atoms with Crippen LogP contribution in [0.5, 0.6) is 0 Å². The number of unbranched alkanes of at least 4 members (excludes halogenated alkanes) is 2. The van der Waals surface area contributed by atoms with Gasteiger partial charge in [0.25, 0.3) is 0 Å². The molecular formula is C10H21NO. The van der Waals surface area contributed by atoms with Gasteiger partial charge in [0, 0.05) is 12.6 Å². The van der Waals surface area contributed by atoms with Crippen molar-refractivity contribution in [2.45, 2.75) is 45.1 Å². The SMILES string of the molecule is CCCCCC(N)C1CCOC1. The van der Waals surface area contributed by atoms with Gasteiger partial charge in [-0.25, -0.2) is 0 Å². The quantitative estimate of drug-likeness (QED) is 0.641. The minimum absolute atomic E-state index is 0.388. The van der Waals surface area contributed by atoms with Crippen molar-refractivity contribution in [2.75, 3.05) is 13.2 Å². The van der Waals surface area contributed by atoms with Crippen LogP contribution in [0.25, 0.3) is 0 Å². The Morgan fingerprint density at radius 3 is 2.92 bits per heavy atom. The van der Waals surface area contributed by atoms with E-state index in [2.05, 4.69) is 6.92 Å². The molecule has 0 aliphatic carbocycles. The van der Waals surface area contributed by atoms with Gasteiger partial charge < -0.3 is 10.5 Å². The van der Waals surface area contributed by atoms with Crippen LogP contribution in [0.3, 0.4) is 0 Å². The first-order valence-corrected chi connectivity index (χ1v) is 5.18. The first-order valence-electron chi connectivity index (χ1n) is 5.18.